The minimum atomic E-state index is -4.43. The van der Waals surface area contributed by atoms with Crippen LogP contribution in [0.4, 0.5) is 13.2 Å². The van der Waals surface area contributed by atoms with E-state index in [4.69, 9.17) is 1.37 Å². The summed E-state index contributed by atoms with van der Waals surface area (Å²) in [5, 5.41) is 0. The standard InChI is InChI=1S/C10H8F3N3/c11-10(12,13)8-6-16-5-4-15-3-1-2-7(15)9(16)14-8/h1-3,6H,4-5H2/i3D. The summed E-state index contributed by atoms with van der Waals surface area (Å²) in [6.45, 7) is 0.911. The summed E-state index contributed by atoms with van der Waals surface area (Å²) in [5.41, 5.74) is -0.314. The molecule has 0 N–H and O–H groups in total. The second kappa shape index (κ2) is 2.90. The van der Waals surface area contributed by atoms with E-state index >= 15 is 0 Å². The van der Waals surface area contributed by atoms with E-state index in [2.05, 4.69) is 4.98 Å². The first kappa shape index (κ1) is 8.43. The molecule has 0 radical (unpaired) electrons. The van der Waals surface area contributed by atoms with Crippen molar-refractivity contribution in [2.75, 3.05) is 0 Å². The predicted octanol–water partition coefficient (Wildman–Crippen LogP) is 2.38. The highest BCUT2D eigenvalue weighted by atomic mass is 19.4. The molecule has 0 saturated carbocycles. The molecule has 16 heavy (non-hydrogen) atoms. The zero-order valence-electron chi connectivity index (χ0n) is 9.12. The Morgan fingerprint density at radius 2 is 2.06 bits per heavy atom. The van der Waals surface area contributed by atoms with Crippen molar-refractivity contribution in [2.24, 2.45) is 0 Å². The number of hydrogen-bond acceptors (Lipinski definition) is 1. The molecule has 0 aromatic carbocycles. The van der Waals surface area contributed by atoms with Crippen LogP contribution in [-0.2, 0) is 19.3 Å². The topological polar surface area (TPSA) is 22.8 Å². The van der Waals surface area contributed by atoms with E-state index in [0.29, 0.717) is 25.0 Å². The molecular formula is C10H8F3N3. The van der Waals surface area contributed by atoms with Gasteiger partial charge in [0.15, 0.2) is 11.5 Å². The molecule has 1 aliphatic rings. The van der Waals surface area contributed by atoms with Crippen molar-refractivity contribution in [3.05, 3.63) is 30.2 Å². The number of halogens is 3. The van der Waals surface area contributed by atoms with Crippen molar-refractivity contribution in [3.8, 4) is 11.5 Å². The predicted molar refractivity (Wildman–Crippen MR) is 50.7 cm³/mol. The molecule has 0 atom stereocenters. The third-order valence-electron chi connectivity index (χ3n) is 2.62. The number of rotatable bonds is 0. The van der Waals surface area contributed by atoms with Gasteiger partial charge in [0.05, 0.1) is 7.06 Å². The normalized spacial score (nSPS) is 15.6. The minimum Gasteiger partial charge on any atom is -0.343 e. The van der Waals surface area contributed by atoms with Gasteiger partial charge >= 0.3 is 6.18 Å². The quantitative estimate of drug-likeness (QED) is 0.678. The summed E-state index contributed by atoms with van der Waals surface area (Å²) in [6.07, 6.45) is -3.11. The van der Waals surface area contributed by atoms with E-state index in [1.807, 2.05) is 0 Å². The van der Waals surface area contributed by atoms with Crippen LogP contribution in [0.25, 0.3) is 11.5 Å². The maximum atomic E-state index is 12.5. The van der Waals surface area contributed by atoms with Crippen molar-refractivity contribution >= 4 is 0 Å². The average Bonchev–Trinajstić information content (AvgIpc) is 2.80. The van der Waals surface area contributed by atoms with Crippen LogP contribution in [0.2, 0.25) is 0 Å². The van der Waals surface area contributed by atoms with E-state index in [1.54, 1.807) is 16.7 Å². The van der Waals surface area contributed by atoms with Crippen LogP contribution in [0.1, 0.15) is 7.06 Å². The molecule has 2 aromatic heterocycles. The van der Waals surface area contributed by atoms with Crippen LogP contribution >= 0.6 is 0 Å². The fourth-order valence-electron chi connectivity index (χ4n) is 1.88. The lowest BCUT2D eigenvalue weighted by molar-refractivity contribution is -0.140. The van der Waals surface area contributed by atoms with Crippen LogP contribution < -0.4 is 0 Å². The Balaban J connectivity index is 2.17. The van der Waals surface area contributed by atoms with Crippen molar-refractivity contribution in [1.29, 1.82) is 0 Å². The molecule has 3 heterocycles. The van der Waals surface area contributed by atoms with Crippen LogP contribution in [0.5, 0.6) is 0 Å². The lowest BCUT2D eigenvalue weighted by Crippen LogP contribution is -2.14. The highest BCUT2D eigenvalue weighted by Crippen LogP contribution is 2.32. The van der Waals surface area contributed by atoms with Crippen molar-refractivity contribution < 1.29 is 14.5 Å². The smallest absolute Gasteiger partial charge is 0.343 e. The summed E-state index contributed by atoms with van der Waals surface area (Å²) in [5.74, 6) is 0.280. The molecule has 0 bridgehead atoms. The first-order valence-electron chi connectivity index (χ1n) is 5.27. The third kappa shape index (κ3) is 1.26. The second-order valence-electron chi connectivity index (χ2n) is 3.64. The van der Waals surface area contributed by atoms with Gasteiger partial charge in [0.2, 0.25) is 0 Å². The van der Waals surface area contributed by atoms with Crippen molar-refractivity contribution in [1.82, 2.24) is 14.1 Å². The van der Waals surface area contributed by atoms with Gasteiger partial charge in [0.1, 0.15) is 0 Å². The number of aromatic nitrogens is 3. The molecule has 6 heteroatoms. The van der Waals surface area contributed by atoms with Crippen molar-refractivity contribution in [3.63, 3.8) is 0 Å². The van der Waals surface area contributed by atoms with E-state index in [-0.39, 0.29) is 5.82 Å². The van der Waals surface area contributed by atoms with Gasteiger partial charge in [-0.2, -0.15) is 13.2 Å². The summed E-state index contributed by atoms with van der Waals surface area (Å²) in [4.78, 5) is 3.61. The molecule has 0 fully saturated rings. The maximum absolute atomic E-state index is 12.5. The number of imidazole rings is 1. The average molecular weight is 228 g/mol. The lowest BCUT2D eigenvalue weighted by atomic mass is 10.3. The SMILES string of the molecule is [2H]c1ccc2n1CCn1cc(C(F)(F)F)nc1-2. The molecule has 1 aliphatic heterocycles. The Morgan fingerprint density at radius 1 is 1.31 bits per heavy atom. The van der Waals surface area contributed by atoms with E-state index in [0.717, 1.165) is 6.20 Å². The highest BCUT2D eigenvalue weighted by Gasteiger charge is 2.35. The second-order valence-corrected chi connectivity index (χ2v) is 3.64. The molecule has 0 unspecified atom stereocenters. The van der Waals surface area contributed by atoms with Crippen LogP contribution in [-0.4, -0.2) is 14.1 Å². The number of aryl methyl sites for hydroxylation is 1. The lowest BCUT2D eigenvalue weighted by Gasteiger charge is -2.16. The minimum absolute atomic E-state index is 0.280. The number of fused-ring (bicyclic) bond motifs is 3. The first-order valence-corrected chi connectivity index (χ1v) is 4.77. The van der Waals surface area contributed by atoms with Gasteiger partial charge < -0.3 is 9.13 Å². The van der Waals surface area contributed by atoms with Crippen molar-refractivity contribution in [2.45, 2.75) is 19.3 Å². The number of nitrogens with zero attached hydrogens (tertiary/aromatic N) is 3. The van der Waals surface area contributed by atoms with Gasteiger partial charge in [-0.3, -0.25) is 0 Å². The Hall–Kier alpha value is -1.72. The van der Waals surface area contributed by atoms with Gasteiger partial charge in [-0.1, -0.05) is 0 Å². The molecule has 2 aromatic rings. The Morgan fingerprint density at radius 3 is 2.81 bits per heavy atom. The zero-order valence-corrected chi connectivity index (χ0v) is 8.12. The van der Waals surface area contributed by atoms with Crippen LogP contribution in [0.15, 0.2) is 24.5 Å². The number of alkyl halides is 3. The molecule has 0 spiro atoms. The monoisotopic (exact) mass is 228 g/mol. The third-order valence-corrected chi connectivity index (χ3v) is 2.62. The van der Waals surface area contributed by atoms with Gasteiger partial charge in [-0.15, -0.1) is 0 Å². The molecule has 3 nitrogen and oxygen atoms in total. The molecule has 0 saturated heterocycles. The molecule has 0 aliphatic carbocycles. The van der Waals surface area contributed by atoms with Crippen LogP contribution in [0, 0.1) is 0 Å². The van der Waals surface area contributed by atoms with Gasteiger partial charge in [-0.25, -0.2) is 4.98 Å². The van der Waals surface area contributed by atoms with Gasteiger partial charge in [-0.05, 0) is 12.1 Å². The van der Waals surface area contributed by atoms with Gasteiger partial charge in [0.25, 0.3) is 0 Å². The summed E-state index contributed by atoms with van der Waals surface area (Å²) >= 11 is 0. The molecular weight excluding hydrogens is 219 g/mol. The summed E-state index contributed by atoms with van der Waals surface area (Å²) < 4.78 is 48.3. The van der Waals surface area contributed by atoms with E-state index in [1.165, 1.54) is 4.57 Å². The van der Waals surface area contributed by atoms with Gasteiger partial charge in [0, 0.05) is 25.5 Å². The number of hydrogen-bond donors (Lipinski definition) is 0. The fraction of sp³-hybridized carbons (Fsp3) is 0.300. The molecule has 0 amide bonds. The van der Waals surface area contributed by atoms with Crippen LogP contribution in [0.3, 0.4) is 0 Å². The summed E-state index contributed by atoms with van der Waals surface area (Å²) in [6, 6.07) is 3.19. The van der Waals surface area contributed by atoms with E-state index in [9.17, 15) is 13.2 Å². The van der Waals surface area contributed by atoms with E-state index < -0.39 is 11.9 Å². The summed E-state index contributed by atoms with van der Waals surface area (Å²) in [7, 11) is 0. The Bertz CT molecular complexity index is 582. The fourth-order valence-corrected chi connectivity index (χ4v) is 1.88. The Kier molecular flexibility index (Phi) is 1.53. The molecule has 84 valence electrons. The zero-order chi connectivity index (χ0) is 12.2. The highest BCUT2D eigenvalue weighted by molar-refractivity contribution is 5.53. The molecule has 3 rings (SSSR count). The maximum Gasteiger partial charge on any atom is 0.434 e. The first-order chi connectivity index (χ1) is 7.97. The Labute approximate surface area is 90.5 Å². The largest absolute Gasteiger partial charge is 0.434 e.